The Hall–Kier alpha value is -4.35. The fourth-order valence-electron chi connectivity index (χ4n) is 4.95. The molecule has 0 spiro atoms. The Morgan fingerprint density at radius 3 is 2.78 bits per heavy atom. The van der Waals surface area contributed by atoms with Crippen LogP contribution in [0.1, 0.15) is 22.3 Å². The van der Waals surface area contributed by atoms with Crippen LogP contribution in [0.25, 0.3) is 22.0 Å². The molecule has 0 radical (unpaired) electrons. The monoisotopic (exact) mass is 561 g/mol. The number of nitrogens with zero attached hydrogens (tertiary/aromatic N) is 3. The van der Waals surface area contributed by atoms with Crippen LogP contribution in [0.3, 0.4) is 0 Å². The van der Waals surface area contributed by atoms with E-state index in [0.29, 0.717) is 11.5 Å². The molecule has 3 heterocycles. The predicted molar refractivity (Wildman–Crippen MR) is 151 cm³/mol. The topological polar surface area (TPSA) is 97.8 Å². The van der Waals surface area contributed by atoms with E-state index in [1.807, 2.05) is 31.2 Å². The minimum absolute atomic E-state index is 0.0974. The lowest BCUT2D eigenvalue weighted by molar-refractivity contribution is -0.286. The molecule has 3 aromatic carbocycles. The Kier molecular flexibility index (Phi) is 7.38. The summed E-state index contributed by atoms with van der Waals surface area (Å²) in [5, 5.41) is 6.84. The zero-order valence-corrected chi connectivity index (χ0v) is 22.5. The number of hydrogen-bond donors (Lipinski definition) is 2. The van der Waals surface area contributed by atoms with Crippen LogP contribution in [-0.4, -0.2) is 66.5 Å². The van der Waals surface area contributed by atoms with Crippen molar-refractivity contribution >= 4 is 28.4 Å². The van der Waals surface area contributed by atoms with Crippen molar-refractivity contribution in [3.63, 3.8) is 0 Å². The lowest BCUT2D eigenvalue weighted by Gasteiger charge is -2.26. The van der Waals surface area contributed by atoms with Gasteiger partial charge in [-0.15, -0.1) is 8.78 Å². The van der Waals surface area contributed by atoms with E-state index in [1.165, 1.54) is 18.2 Å². The zero-order chi connectivity index (χ0) is 28.4. The molecule has 41 heavy (non-hydrogen) atoms. The van der Waals surface area contributed by atoms with Gasteiger partial charge in [0, 0.05) is 36.8 Å². The fraction of sp³-hybridized carbons (Fsp3) is 0.300. The van der Waals surface area contributed by atoms with Gasteiger partial charge in [0.15, 0.2) is 11.5 Å². The van der Waals surface area contributed by atoms with E-state index in [4.69, 9.17) is 4.74 Å². The first-order valence-corrected chi connectivity index (χ1v) is 13.5. The highest BCUT2D eigenvalue weighted by Gasteiger charge is 2.44. The molecule has 0 atom stereocenters. The van der Waals surface area contributed by atoms with E-state index in [0.717, 1.165) is 73.4 Å². The number of ether oxygens (including phenoxy) is 3. The van der Waals surface area contributed by atoms with Crippen LogP contribution in [-0.2, 0) is 4.74 Å². The predicted octanol–water partition coefficient (Wildman–Crippen LogP) is 5.31. The van der Waals surface area contributed by atoms with Crippen molar-refractivity contribution in [2.24, 2.45) is 0 Å². The fourth-order valence-corrected chi connectivity index (χ4v) is 4.95. The molecule has 1 aromatic heterocycles. The van der Waals surface area contributed by atoms with Gasteiger partial charge in [-0.3, -0.25) is 9.69 Å². The summed E-state index contributed by atoms with van der Waals surface area (Å²) in [6.45, 7) is 7.29. The average Bonchev–Trinajstić information content (AvgIpc) is 3.30. The minimum atomic E-state index is -3.78. The van der Waals surface area contributed by atoms with Gasteiger partial charge >= 0.3 is 6.29 Å². The minimum Gasteiger partial charge on any atom is -0.395 e. The van der Waals surface area contributed by atoms with Gasteiger partial charge in [-0.05, 0) is 73.0 Å². The number of alkyl halides is 2. The summed E-state index contributed by atoms with van der Waals surface area (Å²) >= 11 is 0. The molecule has 0 saturated carbocycles. The lowest BCUT2D eigenvalue weighted by atomic mass is 9.97. The highest BCUT2D eigenvalue weighted by Crippen LogP contribution is 2.45. The van der Waals surface area contributed by atoms with Crippen LogP contribution >= 0.6 is 0 Å². The number of carbonyl (C=O) groups is 1. The third-order valence-electron chi connectivity index (χ3n) is 7.11. The standard InChI is InChI=1S/C30H29F2N5O4/c1-19-6-7-21(28(38)35-25-4-2-5-26-27(25)41-30(31,32)40-26)17-23(19)20-8-9-24-22(16-20)18-34-29(36-24)33-10-3-11-37-12-14-39-15-13-37/h2,4-9,16-18H,3,10-15H2,1H3,(H,35,38)(H,33,34,36). The number of nitrogens with one attached hydrogen (secondary N) is 2. The van der Waals surface area contributed by atoms with Crippen molar-refractivity contribution in [3.05, 3.63) is 71.9 Å². The van der Waals surface area contributed by atoms with E-state index in [-0.39, 0.29) is 17.2 Å². The van der Waals surface area contributed by atoms with Crippen molar-refractivity contribution in [3.8, 4) is 22.6 Å². The second-order valence-electron chi connectivity index (χ2n) is 9.99. The maximum absolute atomic E-state index is 13.6. The quantitative estimate of drug-likeness (QED) is 0.279. The van der Waals surface area contributed by atoms with Gasteiger partial charge in [0.25, 0.3) is 5.91 Å². The molecular weight excluding hydrogens is 532 g/mol. The van der Waals surface area contributed by atoms with Crippen LogP contribution in [0, 0.1) is 6.92 Å². The molecule has 4 aromatic rings. The summed E-state index contributed by atoms with van der Waals surface area (Å²) in [6, 6.07) is 15.5. The van der Waals surface area contributed by atoms with E-state index < -0.39 is 12.2 Å². The number of aryl methyl sites for hydroxylation is 1. The summed E-state index contributed by atoms with van der Waals surface area (Å²) in [6.07, 6.45) is -1.00. The number of halogens is 2. The molecular formula is C30H29F2N5O4. The van der Waals surface area contributed by atoms with Gasteiger partial charge in [-0.2, -0.15) is 0 Å². The Labute approximate surface area is 235 Å². The van der Waals surface area contributed by atoms with Crippen molar-refractivity contribution in [1.82, 2.24) is 14.9 Å². The second kappa shape index (κ2) is 11.3. The number of rotatable bonds is 8. The van der Waals surface area contributed by atoms with Gasteiger partial charge in [0.2, 0.25) is 5.95 Å². The normalized spacial score (nSPS) is 16.1. The number of para-hydroxylation sites is 1. The number of amides is 1. The first-order valence-electron chi connectivity index (χ1n) is 13.5. The number of carbonyl (C=O) groups excluding carboxylic acids is 1. The maximum atomic E-state index is 13.6. The third kappa shape index (κ3) is 6.06. The van der Waals surface area contributed by atoms with E-state index in [1.54, 1.807) is 18.3 Å². The molecule has 1 amide bonds. The van der Waals surface area contributed by atoms with Crippen LogP contribution < -0.4 is 20.1 Å². The van der Waals surface area contributed by atoms with Crippen molar-refractivity contribution in [2.45, 2.75) is 19.6 Å². The largest absolute Gasteiger partial charge is 0.586 e. The average molecular weight is 562 g/mol. The Morgan fingerprint density at radius 2 is 1.93 bits per heavy atom. The van der Waals surface area contributed by atoms with Crippen molar-refractivity contribution < 1.29 is 27.8 Å². The van der Waals surface area contributed by atoms with Crippen molar-refractivity contribution in [1.29, 1.82) is 0 Å². The molecule has 0 unspecified atom stereocenters. The molecule has 2 aliphatic heterocycles. The highest BCUT2D eigenvalue weighted by molar-refractivity contribution is 6.06. The van der Waals surface area contributed by atoms with Crippen LogP contribution in [0.4, 0.5) is 20.4 Å². The molecule has 1 fully saturated rings. The van der Waals surface area contributed by atoms with Crippen LogP contribution in [0.5, 0.6) is 11.5 Å². The zero-order valence-electron chi connectivity index (χ0n) is 22.5. The summed E-state index contributed by atoms with van der Waals surface area (Å²) < 4.78 is 41.6. The SMILES string of the molecule is Cc1ccc(C(=O)Nc2cccc3c2OC(F)(F)O3)cc1-c1ccc2nc(NCCCN3CCOCC3)ncc2c1. The van der Waals surface area contributed by atoms with Crippen LogP contribution in [0.2, 0.25) is 0 Å². The van der Waals surface area contributed by atoms with Gasteiger partial charge in [-0.25, -0.2) is 9.97 Å². The molecule has 0 aliphatic carbocycles. The number of anilines is 2. The second-order valence-corrected chi connectivity index (χ2v) is 9.99. The lowest BCUT2D eigenvalue weighted by Crippen LogP contribution is -2.37. The van der Waals surface area contributed by atoms with Gasteiger partial charge < -0.3 is 24.8 Å². The number of benzene rings is 3. The molecule has 9 nitrogen and oxygen atoms in total. The summed E-state index contributed by atoms with van der Waals surface area (Å²) in [7, 11) is 0. The first-order chi connectivity index (χ1) is 19.8. The first kappa shape index (κ1) is 26.9. The summed E-state index contributed by atoms with van der Waals surface area (Å²) in [5.41, 5.74) is 3.99. The highest BCUT2D eigenvalue weighted by atomic mass is 19.3. The van der Waals surface area contributed by atoms with Gasteiger partial charge in [0.1, 0.15) is 0 Å². The Bertz CT molecular complexity index is 1590. The van der Waals surface area contributed by atoms with E-state index in [9.17, 15) is 13.6 Å². The van der Waals surface area contributed by atoms with Crippen LogP contribution in [0.15, 0.2) is 60.8 Å². The van der Waals surface area contributed by atoms with Crippen molar-refractivity contribution in [2.75, 3.05) is 50.0 Å². The number of morpholine rings is 1. The Balaban J connectivity index is 1.14. The summed E-state index contributed by atoms with van der Waals surface area (Å²) in [5.74, 6) is -0.227. The number of fused-ring (bicyclic) bond motifs is 2. The van der Waals surface area contributed by atoms with E-state index >= 15 is 0 Å². The summed E-state index contributed by atoms with van der Waals surface area (Å²) in [4.78, 5) is 24.6. The number of hydrogen-bond acceptors (Lipinski definition) is 8. The van der Waals surface area contributed by atoms with E-state index in [2.05, 4.69) is 35.0 Å². The van der Waals surface area contributed by atoms with Gasteiger partial charge in [0.05, 0.1) is 24.4 Å². The smallest absolute Gasteiger partial charge is 0.395 e. The Morgan fingerprint density at radius 1 is 1.07 bits per heavy atom. The molecule has 6 rings (SSSR count). The number of aromatic nitrogens is 2. The maximum Gasteiger partial charge on any atom is 0.586 e. The molecule has 2 aliphatic rings. The molecule has 11 heteroatoms. The molecule has 2 N–H and O–H groups in total. The van der Waals surface area contributed by atoms with Gasteiger partial charge in [-0.1, -0.05) is 18.2 Å². The molecule has 0 bridgehead atoms. The molecule has 212 valence electrons. The molecule has 1 saturated heterocycles. The third-order valence-corrected chi connectivity index (χ3v) is 7.11.